The molecule has 0 radical (unpaired) electrons. The maximum atomic E-state index is 13.2. The third-order valence-electron chi connectivity index (χ3n) is 3.24. The van der Waals surface area contributed by atoms with E-state index in [1.165, 1.54) is 12.1 Å². The summed E-state index contributed by atoms with van der Waals surface area (Å²) < 4.78 is 13.2. The molecule has 112 valence electrons. The fraction of sp³-hybridized carbons (Fsp3) is 0.375. The SMILES string of the molecule is CCCNc1nc(CC)nc(-c2ccc(F)cc2Cl)c1C. The van der Waals surface area contributed by atoms with Crippen molar-refractivity contribution >= 4 is 17.4 Å². The minimum atomic E-state index is -0.351. The van der Waals surface area contributed by atoms with E-state index in [4.69, 9.17) is 11.6 Å². The Kier molecular flexibility index (Phi) is 5.12. The van der Waals surface area contributed by atoms with Gasteiger partial charge in [0.15, 0.2) is 0 Å². The molecular formula is C16H19ClFN3. The highest BCUT2D eigenvalue weighted by Gasteiger charge is 2.14. The Labute approximate surface area is 129 Å². The van der Waals surface area contributed by atoms with Gasteiger partial charge in [-0.05, 0) is 31.5 Å². The summed E-state index contributed by atoms with van der Waals surface area (Å²) in [4.78, 5) is 9.08. The lowest BCUT2D eigenvalue weighted by Gasteiger charge is -2.14. The van der Waals surface area contributed by atoms with E-state index in [0.29, 0.717) is 5.02 Å². The number of anilines is 1. The molecule has 0 atom stereocenters. The largest absolute Gasteiger partial charge is 0.370 e. The fourth-order valence-corrected chi connectivity index (χ4v) is 2.34. The predicted molar refractivity (Wildman–Crippen MR) is 85.3 cm³/mol. The van der Waals surface area contributed by atoms with Crippen molar-refractivity contribution in [2.75, 3.05) is 11.9 Å². The van der Waals surface area contributed by atoms with Crippen LogP contribution in [0.25, 0.3) is 11.3 Å². The average Bonchev–Trinajstić information content (AvgIpc) is 2.47. The van der Waals surface area contributed by atoms with Gasteiger partial charge in [0.25, 0.3) is 0 Å². The molecule has 0 saturated heterocycles. The first kappa shape index (κ1) is 15.7. The first-order valence-corrected chi connectivity index (χ1v) is 7.51. The second-order valence-electron chi connectivity index (χ2n) is 4.87. The highest BCUT2D eigenvalue weighted by molar-refractivity contribution is 6.33. The normalized spacial score (nSPS) is 10.7. The highest BCUT2D eigenvalue weighted by Crippen LogP contribution is 2.32. The molecule has 0 saturated carbocycles. The Morgan fingerprint density at radius 1 is 1.24 bits per heavy atom. The smallest absolute Gasteiger partial charge is 0.133 e. The van der Waals surface area contributed by atoms with Gasteiger partial charge in [-0.15, -0.1) is 0 Å². The Balaban J connectivity index is 2.56. The third-order valence-corrected chi connectivity index (χ3v) is 3.55. The van der Waals surface area contributed by atoms with Crippen LogP contribution in [0, 0.1) is 12.7 Å². The van der Waals surface area contributed by atoms with E-state index in [0.717, 1.165) is 47.8 Å². The minimum absolute atomic E-state index is 0.351. The van der Waals surface area contributed by atoms with Gasteiger partial charge < -0.3 is 5.32 Å². The molecule has 1 N–H and O–H groups in total. The van der Waals surface area contributed by atoms with Crippen molar-refractivity contribution in [1.29, 1.82) is 0 Å². The van der Waals surface area contributed by atoms with Gasteiger partial charge in [-0.3, -0.25) is 0 Å². The van der Waals surface area contributed by atoms with Gasteiger partial charge in [-0.25, -0.2) is 14.4 Å². The van der Waals surface area contributed by atoms with Gasteiger partial charge in [0, 0.05) is 24.1 Å². The predicted octanol–water partition coefficient (Wildman–Crippen LogP) is 4.63. The van der Waals surface area contributed by atoms with E-state index in [9.17, 15) is 4.39 Å². The summed E-state index contributed by atoms with van der Waals surface area (Å²) in [6.07, 6.45) is 1.74. The number of nitrogens with one attached hydrogen (secondary N) is 1. The molecular weight excluding hydrogens is 289 g/mol. The van der Waals surface area contributed by atoms with Crippen LogP contribution in [0.2, 0.25) is 5.02 Å². The molecule has 0 aliphatic carbocycles. The van der Waals surface area contributed by atoms with Crippen molar-refractivity contribution in [3.63, 3.8) is 0 Å². The number of benzene rings is 1. The minimum Gasteiger partial charge on any atom is -0.370 e. The summed E-state index contributed by atoms with van der Waals surface area (Å²) in [6, 6.07) is 4.37. The van der Waals surface area contributed by atoms with E-state index in [2.05, 4.69) is 22.2 Å². The number of nitrogens with zero attached hydrogens (tertiary/aromatic N) is 2. The van der Waals surface area contributed by atoms with E-state index < -0.39 is 0 Å². The quantitative estimate of drug-likeness (QED) is 0.875. The summed E-state index contributed by atoms with van der Waals surface area (Å²) >= 11 is 6.17. The number of aromatic nitrogens is 2. The maximum Gasteiger partial charge on any atom is 0.133 e. The molecule has 2 rings (SSSR count). The third kappa shape index (κ3) is 3.50. The molecule has 1 aromatic heterocycles. The lowest BCUT2D eigenvalue weighted by atomic mass is 10.1. The van der Waals surface area contributed by atoms with Gasteiger partial charge in [0.05, 0.1) is 10.7 Å². The second kappa shape index (κ2) is 6.85. The summed E-state index contributed by atoms with van der Waals surface area (Å²) in [5, 5.41) is 3.67. The molecule has 0 spiro atoms. The van der Waals surface area contributed by atoms with E-state index in [-0.39, 0.29) is 5.82 Å². The highest BCUT2D eigenvalue weighted by atomic mass is 35.5. The van der Waals surface area contributed by atoms with Crippen LogP contribution in [0.15, 0.2) is 18.2 Å². The molecule has 2 aromatic rings. The van der Waals surface area contributed by atoms with Crippen LogP contribution in [-0.4, -0.2) is 16.5 Å². The van der Waals surface area contributed by atoms with Crippen LogP contribution in [0.4, 0.5) is 10.2 Å². The van der Waals surface area contributed by atoms with E-state index >= 15 is 0 Å². The van der Waals surface area contributed by atoms with E-state index in [1.807, 2.05) is 13.8 Å². The molecule has 0 bridgehead atoms. The number of hydrogen-bond donors (Lipinski definition) is 1. The average molecular weight is 308 g/mol. The summed E-state index contributed by atoms with van der Waals surface area (Å²) in [5.41, 5.74) is 2.41. The molecule has 0 fully saturated rings. The second-order valence-corrected chi connectivity index (χ2v) is 5.27. The van der Waals surface area contributed by atoms with Gasteiger partial charge in [0.2, 0.25) is 0 Å². The lowest BCUT2D eigenvalue weighted by molar-refractivity contribution is 0.628. The zero-order valence-electron chi connectivity index (χ0n) is 12.5. The maximum absolute atomic E-state index is 13.2. The van der Waals surface area contributed by atoms with E-state index in [1.54, 1.807) is 6.07 Å². The molecule has 1 aromatic carbocycles. The standard InChI is InChI=1S/C16H19ClFN3/c1-4-8-19-16-10(3)15(20-14(5-2)21-16)12-7-6-11(18)9-13(12)17/h6-7,9H,4-5,8H2,1-3H3,(H,19,20,21). The zero-order chi connectivity index (χ0) is 15.4. The van der Waals surface area contributed by atoms with Crippen LogP contribution in [0.5, 0.6) is 0 Å². The molecule has 0 aliphatic rings. The molecule has 3 nitrogen and oxygen atoms in total. The summed E-state index contributed by atoms with van der Waals surface area (Å²) in [6.45, 7) is 6.90. The first-order chi connectivity index (χ1) is 10.1. The van der Waals surface area contributed by atoms with Gasteiger partial charge >= 0.3 is 0 Å². The number of hydrogen-bond acceptors (Lipinski definition) is 3. The topological polar surface area (TPSA) is 37.8 Å². The zero-order valence-corrected chi connectivity index (χ0v) is 13.3. The Bertz CT molecular complexity index is 644. The monoisotopic (exact) mass is 307 g/mol. The van der Waals surface area contributed by atoms with Gasteiger partial charge in [-0.1, -0.05) is 25.4 Å². The van der Waals surface area contributed by atoms with Crippen LogP contribution >= 0.6 is 11.6 Å². The number of rotatable bonds is 5. The molecule has 0 unspecified atom stereocenters. The van der Waals surface area contributed by atoms with Crippen molar-refractivity contribution in [3.8, 4) is 11.3 Å². The van der Waals surface area contributed by atoms with Crippen molar-refractivity contribution in [2.24, 2.45) is 0 Å². The van der Waals surface area contributed by atoms with Crippen molar-refractivity contribution in [3.05, 3.63) is 40.4 Å². The molecule has 21 heavy (non-hydrogen) atoms. The molecule has 5 heteroatoms. The van der Waals surface area contributed by atoms with Crippen LogP contribution < -0.4 is 5.32 Å². The van der Waals surface area contributed by atoms with Crippen LogP contribution in [-0.2, 0) is 6.42 Å². The number of halogens is 2. The molecule has 0 aliphatic heterocycles. The van der Waals surface area contributed by atoms with Gasteiger partial charge in [-0.2, -0.15) is 0 Å². The summed E-state index contributed by atoms with van der Waals surface area (Å²) in [5.74, 6) is 1.21. The van der Waals surface area contributed by atoms with Crippen LogP contribution in [0.3, 0.4) is 0 Å². The van der Waals surface area contributed by atoms with Crippen molar-refractivity contribution in [1.82, 2.24) is 9.97 Å². The lowest BCUT2D eigenvalue weighted by Crippen LogP contribution is -2.08. The Morgan fingerprint density at radius 2 is 2.00 bits per heavy atom. The van der Waals surface area contributed by atoms with Crippen molar-refractivity contribution in [2.45, 2.75) is 33.6 Å². The fourth-order valence-electron chi connectivity index (χ4n) is 2.08. The van der Waals surface area contributed by atoms with Crippen LogP contribution in [0.1, 0.15) is 31.7 Å². The van der Waals surface area contributed by atoms with Crippen molar-refractivity contribution < 1.29 is 4.39 Å². The Hall–Kier alpha value is -1.68. The van der Waals surface area contributed by atoms with Gasteiger partial charge in [0.1, 0.15) is 17.5 Å². The molecule has 1 heterocycles. The Morgan fingerprint density at radius 3 is 2.62 bits per heavy atom. The number of aryl methyl sites for hydroxylation is 1. The summed E-state index contributed by atoms with van der Waals surface area (Å²) in [7, 11) is 0. The molecule has 0 amide bonds. The first-order valence-electron chi connectivity index (χ1n) is 7.13.